The fraction of sp³-hybridized carbons (Fsp3) is 0.391. The smallest absolute Gasteiger partial charge is 0.423 e. The van der Waals surface area contributed by atoms with E-state index in [2.05, 4.69) is 9.84 Å². The van der Waals surface area contributed by atoms with E-state index in [4.69, 9.17) is 15.7 Å². The van der Waals surface area contributed by atoms with Crippen LogP contribution < -0.4 is 5.43 Å². The third-order valence-electron chi connectivity index (χ3n) is 5.83. The highest BCUT2D eigenvalue weighted by Gasteiger charge is 2.48. The van der Waals surface area contributed by atoms with Gasteiger partial charge in [0.2, 0.25) is 5.70 Å². The van der Waals surface area contributed by atoms with Gasteiger partial charge in [-0.25, -0.2) is 4.85 Å². The summed E-state index contributed by atoms with van der Waals surface area (Å²) >= 11 is 0. The van der Waals surface area contributed by atoms with Crippen LogP contribution in [0.1, 0.15) is 43.4 Å². The van der Waals surface area contributed by atoms with Crippen LogP contribution in [0.3, 0.4) is 0 Å². The van der Waals surface area contributed by atoms with Crippen LogP contribution in [0, 0.1) is 19.4 Å². The number of aryl methyl sites for hydroxylation is 1. The van der Waals surface area contributed by atoms with Gasteiger partial charge >= 0.3 is 12.1 Å². The van der Waals surface area contributed by atoms with Crippen molar-refractivity contribution in [2.24, 2.45) is 10.9 Å². The Morgan fingerprint density at radius 1 is 1.28 bits per heavy atom. The van der Waals surface area contributed by atoms with Crippen LogP contribution in [-0.4, -0.2) is 24.0 Å². The Hall–Kier alpha value is -3.41. The number of benzene rings is 1. The van der Waals surface area contributed by atoms with Gasteiger partial charge in [0.1, 0.15) is 23.1 Å². The highest BCUT2D eigenvalue weighted by molar-refractivity contribution is 6.04. The number of carbonyl (C=O) groups excluding carboxylic acids is 1. The highest BCUT2D eigenvalue weighted by Crippen LogP contribution is 2.46. The first-order chi connectivity index (χ1) is 15.1. The monoisotopic (exact) mass is 444 g/mol. The molecule has 6 nitrogen and oxygen atoms in total. The standard InChI is InChI=1S/C23H19F3N2O4/c1-11-10-16(29)14-8-5-9-15(20(14)31-11)18-17(22(30)32-13-6-4-7-13)12(2)28-21(19(18)27-3)23(24,25)26/h5,8-10,13,17-18H,4,6-7H2,1-2H3. The molecule has 1 aliphatic heterocycles. The maximum atomic E-state index is 13.8. The van der Waals surface area contributed by atoms with Crippen LogP contribution in [0.25, 0.3) is 15.8 Å². The molecule has 2 unspecified atom stereocenters. The van der Waals surface area contributed by atoms with Gasteiger partial charge < -0.3 is 9.15 Å². The lowest BCUT2D eigenvalue weighted by Gasteiger charge is -2.33. The predicted molar refractivity (Wildman–Crippen MR) is 110 cm³/mol. The Balaban J connectivity index is 1.97. The zero-order valence-corrected chi connectivity index (χ0v) is 17.3. The summed E-state index contributed by atoms with van der Waals surface area (Å²) in [5.74, 6) is -3.09. The Labute approximate surface area is 181 Å². The number of alkyl halides is 3. The first-order valence-electron chi connectivity index (χ1n) is 10.1. The molecular weight excluding hydrogens is 425 g/mol. The van der Waals surface area contributed by atoms with Gasteiger partial charge in [0.15, 0.2) is 5.43 Å². The van der Waals surface area contributed by atoms with Crippen LogP contribution in [-0.2, 0) is 9.53 Å². The van der Waals surface area contributed by atoms with Crippen molar-refractivity contribution in [1.82, 2.24) is 0 Å². The molecule has 2 aliphatic rings. The Bertz CT molecular complexity index is 1260. The molecule has 0 amide bonds. The minimum atomic E-state index is -4.90. The van der Waals surface area contributed by atoms with E-state index in [1.807, 2.05) is 0 Å². The molecule has 9 heteroatoms. The normalized spacial score (nSPS) is 21.7. The number of nitrogens with zero attached hydrogens (tertiary/aromatic N) is 2. The van der Waals surface area contributed by atoms with Crippen LogP contribution in [0.4, 0.5) is 13.2 Å². The number of allylic oxidation sites excluding steroid dienone is 2. The highest BCUT2D eigenvalue weighted by atomic mass is 19.4. The summed E-state index contributed by atoms with van der Waals surface area (Å²) < 4.78 is 52.6. The van der Waals surface area contributed by atoms with Crippen molar-refractivity contribution < 1.29 is 27.1 Å². The molecule has 1 aromatic carbocycles. The van der Waals surface area contributed by atoms with Crippen molar-refractivity contribution in [2.75, 3.05) is 0 Å². The van der Waals surface area contributed by atoms with Gasteiger partial charge in [0.25, 0.3) is 0 Å². The maximum absolute atomic E-state index is 13.8. The summed E-state index contributed by atoms with van der Waals surface area (Å²) in [4.78, 5) is 32.3. The predicted octanol–water partition coefficient (Wildman–Crippen LogP) is 5.06. The largest absolute Gasteiger partial charge is 0.462 e. The Kier molecular flexibility index (Phi) is 5.41. The second-order valence-corrected chi connectivity index (χ2v) is 7.99. The summed E-state index contributed by atoms with van der Waals surface area (Å²) in [6.45, 7) is 10.4. The molecule has 0 N–H and O–H groups in total. The van der Waals surface area contributed by atoms with E-state index in [-0.39, 0.29) is 39.5 Å². The molecule has 32 heavy (non-hydrogen) atoms. The molecule has 0 radical (unpaired) electrons. The van der Waals surface area contributed by atoms with Gasteiger partial charge in [0, 0.05) is 17.7 Å². The number of halogens is 3. The minimum Gasteiger partial charge on any atom is -0.462 e. The van der Waals surface area contributed by atoms with Gasteiger partial charge in [-0.2, -0.15) is 13.2 Å². The van der Waals surface area contributed by atoms with E-state index >= 15 is 0 Å². The second kappa shape index (κ2) is 7.93. The first-order valence-corrected chi connectivity index (χ1v) is 10.1. The average molecular weight is 444 g/mol. The zero-order valence-electron chi connectivity index (χ0n) is 17.3. The number of ether oxygens (including phenoxy) is 1. The zero-order chi connectivity index (χ0) is 23.2. The number of esters is 1. The molecule has 1 aliphatic carbocycles. The SMILES string of the molecule is [C-]#[N+]C1=C(C(F)(F)F)N=C(C)C(C(=O)OC2CCC2)C1c1cccc2c(=O)cc(C)oc12. The summed E-state index contributed by atoms with van der Waals surface area (Å²) in [5.41, 5.74) is -2.37. The number of aliphatic imine (C=N–C) groups is 1. The van der Waals surface area contributed by atoms with E-state index in [0.717, 1.165) is 6.42 Å². The summed E-state index contributed by atoms with van der Waals surface area (Å²) in [6, 6.07) is 5.72. The molecule has 166 valence electrons. The van der Waals surface area contributed by atoms with Gasteiger partial charge in [0.05, 0.1) is 17.9 Å². The number of rotatable bonds is 3. The number of hydrogen-bond donors (Lipinski definition) is 0. The molecule has 2 aromatic rings. The average Bonchev–Trinajstić information content (AvgIpc) is 2.68. The molecule has 0 saturated heterocycles. The minimum absolute atomic E-state index is 0.0429. The molecular formula is C23H19F3N2O4. The van der Waals surface area contributed by atoms with Crippen molar-refractivity contribution in [3.63, 3.8) is 0 Å². The van der Waals surface area contributed by atoms with Gasteiger partial charge in [-0.3, -0.25) is 14.6 Å². The molecule has 2 heterocycles. The van der Waals surface area contributed by atoms with Crippen molar-refractivity contribution in [2.45, 2.75) is 51.3 Å². The number of fused-ring (bicyclic) bond motifs is 1. The van der Waals surface area contributed by atoms with Crippen LogP contribution >= 0.6 is 0 Å². The van der Waals surface area contributed by atoms with Crippen molar-refractivity contribution >= 4 is 22.7 Å². The van der Waals surface area contributed by atoms with E-state index in [9.17, 15) is 22.8 Å². The summed E-state index contributed by atoms with van der Waals surface area (Å²) in [7, 11) is 0. The van der Waals surface area contributed by atoms with Crippen LogP contribution in [0.2, 0.25) is 0 Å². The summed E-state index contributed by atoms with van der Waals surface area (Å²) in [5, 5.41) is 0.150. The molecule has 4 rings (SSSR count). The number of para-hydroxylation sites is 1. The third-order valence-corrected chi connectivity index (χ3v) is 5.83. The fourth-order valence-electron chi connectivity index (χ4n) is 4.10. The quantitative estimate of drug-likeness (QED) is 0.490. The van der Waals surface area contributed by atoms with E-state index in [1.165, 1.54) is 31.2 Å². The fourth-order valence-corrected chi connectivity index (χ4v) is 4.10. The van der Waals surface area contributed by atoms with E-state index in [0.29, 0.717) is 12.8 Å². The van der Waals surface area contributed by atoms with Crippen molar-refractivity contribution in [3.8, 4) is 0 Å². The first kappa shape index (κ1) is 21.8. The van der Waals surface area contributed by atoms with Crippen molar-refractivity contribution in [1.29, 1.82) is 0 Å². The van der Waals surface area contributed by atoms with Crippen LogP contribution in [0.5, 0.6) is 0 Å². The lowest BCUT2D eigenvalue weighted by atomic mass is 9.77. The second-order valence-electron chi connectivity index (χ2n) is 7.99. The van der Waals surface area contributed by atoms with Crippen molar-refractivity contribution in [3.05, 3.63) is 68.6 Å². The number of hydrogen-bond acceptors (Lipinski definition) is 5. The molecule has 1 saturated carbocycles. The molecule has 0 spiro atoms. The topological polar surface area (TPSA) is 73.2 Å². The Morgan fingerprint density at radius 3 is 2.59 bits per heavy atom. The van der Waals surface area contributed by atoms with Gasteiger partial charge in [-0.05, 0) is 44.7 Å². The Morgan fingerprint density at radius 2 is 2.00 bits per heavy atom. The van der Waals surface area contributed by atoms with E-state index < -0.39 is 35.4 Å². The molecule has 0 bridgehead atoms. The molecule has 1 fully saturated rings. The molecule has 2 atom stereocenters. The third kappa shape index (κ3) is 3.70. The molecule has 1 aromatic heterocycles. The van der Waals surface area contributed by atoms with E-state index in [1.54, 1.807) is 6.92 Å². The van der Waals surface area contributed by atoms with Gasteiger partial charge in [-0.1, -0.05) is 12.1 Å². The van der Waals surface area contributed by atoms with Gasteiger partial charge in [-0.15, -0.1) is 0 Å². The summed E-state index contributed by atoms with van der Waals surface area (Å²) in [6.07, 6.45) is -2.93. The lowest BCUT2D eigenvalue weighted by Crippen LogP contribution is -2.38. The lowest BCUT2D eigenvalue weighted by molar-refractivity contribution is -0.156. The number of carbonyl (C=O) groups is 1. The maximum Gasteiger partial charge on any atom is 0.423 e. The van der Waals surface area contributed by atoms with Crippen LogP contribution in [0.15, 0.2) is 49.9 Å².